The van der Waals surface area contributed by atoms with Gasteiger partial charge in [-0.15, -0.1) is 0 Å². The Hall–Kier alpha value is -1.59. The fourth-order valence-electron chi connectivity index (χ4n) is 9.29. The second-order valence-electron chi connectivity index (χ2n) is 21.9. The molecule has 0 radical (unpaired) electrons. The van der Waals surface area contributed by atoms with E-state index in [1.54, 1.807) is 0 Å². The maximum atomic E-state index is 12.9. The topological polar surface area (TPSA) is 78.9 Å². The van der Waals surface area contributed by atoms with Crippen molar-refractivity contribution in [3.63, 3.8) is 0 Å². The van der Waals surface area contributed by atoms with Crippen LogP contribution in [0.4, 0.5) is 0 Å². The molecule has 398 valence electrons. The van der Waals surface area contributed by atoms with Crippen molar-refractivity contribution in [2.45, 2.75) is 343 Å². The van der Waals surface area contributed by atoms with Gasteiger partial charge in [-0.1, -0.05) is 298 Å². The molecule has 0 saturated carbocycles. The number of carbonyl (C=O) groups excluding carboxylic acids is 3. The Kier molecular flexibility index (Phi) is 51.0. The van der Waals surface area contributed by atoms with Crippen LogP contribution in [0.1, 0.15) is 337 Å². The summed E-state index contributed by atoms with van der Waals surface area (Å²) in [5.41, 5.74) is 0. The molecule has 0 aliphatic heterocycles. The molecule has 0 bridgehead atoms. The van der Waals surface area contributed by atoms with Crippen LogP contribution in [-0.2, 0) is 28.6 Å². The number of hydrogen-bond donors (Lipinski definition) is 0. The highest BCUT2D eigenvalue weighted by Gasteiger charge is 2.19. The molecule has 0 heterocycles. The number of carbonyl (C=O) groups is 3. The number of hydrogen-bond acceptors (Lipinski definition) is 6. The molecule has 0 aromatic heterocycles. The van der Waals surface area contributed by atoms with Gasteiger partial charge in [0.05, 0.1) is 0 Å². The average Bonchev–Trinajstić information content (AvgIpc) is 3.31. The lowest BCUT2D eigenvalue weighted by atomic mass is 9.99. The summed E-state index contributed by atoms with van der Waals surface area (Å²) < 4.78 is 16.9. The van der Waals surface area contributed by atoms with Crippen LogP contribution in [0.3, 0.4) is 0 Å². The molecular formula is C61H118O6. The molecule has 2 unspecified atom stereocenters. The monoisotopic (exact) mass is 947 g/mol. The first-order chi connectivity index (χ1) is 32.7. The maximum absolute atomic E-state index is 12.9. The van der Waals surface area contributed by atoms with E-state index in [9.17, 15) is 14.4 Å². The summed E-state index contributed by atoms with van der Waals surface area (Å²) in [7, 11) is 0. The highest BCUT2D eigenvalue weighted by atomic mass is 16.6. The van der Waals surface area contributed by atoms with Crippen LogP contribution in [0.2, 0.25) is 0 Å². The van der Waals surface area contributed by atoms with E-state index in [1.807, 2.05) is 0 Å². The van der Waals surface area contributed by atoms with Crippen molar-refractivity contribution in [3.05, 3.63) is 0 Å². The molecule has 0 aliphatic carbocycles. The first kappa shape index (κ1) is 65.4. The number of ether oxygens (including phenoxy) is 3. The molecule has 0 saturated heterocycles. The van der Waals surface area contributed by atoms with Crippen molar-refractivity contribution in [2.24, 2.45) is 17.8 Å². The quantitative estimate of drug-likeness (QED) is 0.0343. The van der Waals surface area contributed by atoms with Crippen molar-refractivity contribution in [1.29, 1.82) is 0 Å². The second kappa shape index (κ2) is 52.2. The fraction of sp³-hybridized carbons (Fsp3) is 0.951. The van der Waals surface area contributed by atoms with Gasteiger partial charge in [-0.25, -0.2) is 0 Å². The zero-order valence-corrected chi connectivity index (χ0v) is 46.2. The van der Waals surface area contributed by atoms with Crippen molar-refractivity contribution in [1.82, 2.24) is 0 Å². The van der Waals surface area contributed by atoms with Crippen molar-refractivity contribution in [3.8, 4) is 0 Å². The second-order valence-corrected chi connectivity index (χ2v) is 21.9. The van der Waals surface area contributed by atoms with E-state index in [2.05, 4.69) is 41.5 Å². The van der Waals surface area contributed by atoms with E-state index < -0.39 is 6.10 Å². The van der Waals surface area contributed by atoms with Crippen LogP contribution in [0.25, 0.3) is 0 Å². The van der Waals surface area contributed by atoms with E-state index >= 15 is 0 Å². The Morgan fingerprint density at radius 2 is 0.522 bits per heavy atom. The van der Waals surface area contributed by atoms with Crippen molar-refractivity contribution < 1.29 is 28.6 Å². The summed E-state index contributed by atoms with van der Waals surface area (Å²) in [4.78, 5) is 38.2. The standard InChI is InChI=1S/C61H118O6/c1-7-56(5)48-42-36-30-24-18-14-10-12-15-19-26-32-38-44-50-59(62)65-53-58(54-66-60(63)51-45-39-33-27-22-21-25-31-37-43-49-57(6)8-2)67-61(64)52-46-40-34-28-20-16-11-9-13-17-23-29-35-41-47-55(3)4/h55-58H,7-54H2,1-6H3/t56?,57?,58-/m0/s1. The predicted octanol–water partition coefficient (Wildman–Crippen LogP) is 19.9. The third-order valence-electron chi connectivity index (χ3n) is 14.6. The van der Waals surface area contributed by atoms with Crippen LogP contribution in [0, 0.1) is 17.8 Å². The Bertz CT molecular complexity index is 1040. The van der Waals surface area contributed by atoms with Crippen molar-refractivity contribution >= 4 is 17.9 Å². The summed E-state index contributed by atoms with van der Waals surface area (Å²) in [6.45, 7) is 13.8. The molecule has 0 aromatic carbocycles. The highest BCUT2D eigenvalue weighted by Crippen LogP contribution is 2.19. The number of rotatable bonds is 54. The van der Waals surface area contributed by atoms with Gasteiger partial charge < -0.3 is 14.2 Å². The van der Waals surface area contributed by atoms with Crippen molar-refractivity contribution in [2.75, 3.05) is 13.2 Å². The van der Waals surface area contributed by atoms with Crippen LogP contribution in [-0.4, -0.2) is 37.2 Å². The number of esters is 3. The third-order valence-corrected chi connectivity index (χ3v) is 14.6. The lowest BCUT2D eigenvalue weighted by Crippen LogP contribution is -2.30. The number of unbranched alkanes of at least 4 members (excludes halogenated alkanes) is 35. The van der Waals surface area contributed by atoms with Gasteiger partial charge in [0.2, 0.25) is 0 Å². The molecule has 6 heteroatoms. The van der Waals surface area contributed by atoms with Crippen LogP contribution < -0.4 is 0 Å². The molecular weight excluding hydrogens is 829 g/mol. The molecule has 0 amide bonds. The lowest BCUT2D eigenvalue weighted by molar-refractivity contribution is -0.167. The lowest BCUT2D eigenvalue weighted by Gasteiger charge is -2.18. The van der Waals surface area contributed by atoms with E-state index in [0.29, 0.717) is 19.3 Å². The van der Waals surface area contributed by atoms with Gasteiger partial charge in [0.1, 0.15) is 13.2 Å². The zero-order valence-electron chi connectivity index (χ0n) is 46.2. The van der Waals surface area contributed by atoms with E-state index in [4.69, 9.17) is 14.2 Å². The minimum atomic E-state index is -0.764. The molecule has 67 heavy (non-hydrogen) atoms. The Balaban J connectivity index is 4.31. The largest absolute Gasteiger partial charge is 0.462 e. The van der Waals surface area contributed by atoms with E-state index in [-0.39, 0.29) is 31.1 Å². The first-order valence-electron chi connectivity index (χ1n) is 30.2. The molecule has 0 aliphatic rings. The molecule has 0 rings (SSSR count). The van der Waals surface area contributed by atoms with Gasteiger partial charge in [-0.3, -0.25) is 14.4 Å². The molecule has 0 N–H and O–H groups in total. The van der Waals surface area contributed by atoms with Crippen LogP contribution in [0.15, 0.2) is 0 Å². The minimum absolute atomic E-state index is 0.0632. The van der Waals surface area contributed by atoms with Gasteiger partial charge in [-0.2, -0.15) is 0 Å². The van der Waals surface area contributed by atoms with Gasteiger partial charge in [0, 0.05) is 19.3 Å². The van der Waals surface area contributed by atoms with Crippen LogP contribution in [0.5, 0.6) is 0 Å². The molecule has 3 atom stereocenters. The molecule has 0 fully saturated rings. The fourth-order valence-corrected chi connectivity index (χ4v) is 9.29. The third kappa shape index (κ3) is 52.1. The summed E-state index contributed by atoms with van der Waals surface area (Å²) in [5.74, 6) is 1.77. The Morgan fingerprint density at radius 1 is 0.299 bits per heavy atom. The Morgan fingerprint density at radius 3 is 0.776 bits per heavy atom. The normalized spacial score (nSPS) is 12.9. The molecule has 0 spiro atoms. The minimum Gasteiger partial charge on any atom is -0.462 e. The van der Waals surface area contributed by atoms with E-state index in [1.165, 1.54) is 218 Å². The van der Waals surface area contributed by atoms with Crippen LogP contribution >= 0.6 is 0 Å². The van der Waals surface area contributed by atoms with Gasteiger partial charge in [0.15, 0.2) is 6.10 Å². The smallest absolute Gasteiger partial charge is 0.306 e. The zero-order chi connectivity index (χ0) is 49.1. The summed E-state index contributed by atoms with van der Waals surface area (Å²) >= 11 is 0. The predicted molar refractivity (Wildman–Crippen MR) is 289 cm³/mol. The Labute approximate surface area is 418 Å². The van der Waals surface area contributed by atoms with Gasteiger partial charge in [-0.05, 0) is 37.0 Å². The summed E-state index contributed by atoms with van der Waals surface area (Å²) in [6.07, 6.45) is 55.1. The summed E-state index contributed by atoms with van der Waals surface area (Å²) in [5, 5.41) is 0. The van der Waals surface area contributed by atoms with E-state index in [0.717, 1.165) is 75.5 Å². The first-order valence-corrected chi connectivity index (χ1v) is 30.2. The molecule has 0 aromatic rings. The van der Waals surface area contributed by atoms with Gasteiger partial charge in [0.25, 0.3) is 0 Å². The summed E-state index contributed by atoms with van der Waals surface area (Å²) in [6, 6.07) is 0. The maximum Gasteiger partial charge on any atom is 0.306 e. The van der Waals surface area contributed by atoms with Gasteiger partial charge >= 0.3 is 17.9 Å². The average molecular weight is 948 g/mol. The molecule has 6 nitrogen and oxygen atoms in total. The SMILES string of the molecule is CCC(C)CCCCCCCCCCCCCCCCC(=O)OC[C@@H](COC(=O)CCCCCCCCCCCCC(C)CC)OC(=O)CCCCCCCCCCCCCCCCC(C)C. The highest BCUT2D eigenvalue weighted by molar-refractivity contribution is 5.71.